The molecule has 13 heteroatoms. The third-order valence-corrected chi connectivity index (χ3v) is 12.0. The summed E-state index contributed by atoms with van der Waals surface area (Å²) >= 11 is 1.25. The molecule has 0 saturated carbocycles. The van der Waals surface area contributed by atoms with Crippen molar-refractivity contribution in [2.24, 2.45) is 5.73 Å². The number of halogens is 3. The van der Waals surface area contributed by atoms with E-state index < -0.39 is 44.2 Å². The molecule has 2 aliphatic rings. The number of nitrogens with zero attached hydrogens (tertiary/aromatic N) is 2. The van der Waals surface area contributed by atoms with Crippen LogP contribution in [0.25, 0.3) is 31.9 Å². The Balaban J connectivity index is 1.59. The van der Waals surface area contributed by atoms with Gasteiger partial charge in [-0.25, -0.2) is 4.98 Å². The highest BCUT2D eigenvalue weighted by atomic mass is 32.1. The maximum absolute atomic E-state index is 15.3. The van der Waals surface area contributed by atoms with Gasteiger partial charge in [0.1, 0.15) is 17.8 Å². The number of carbonyl (C=O) groups excluding carboxylic acids is 2. The molecule has 1 saturated heterocycles. The molecule has 258 valence electrons. The number of amides is 1. The smallest absolute Gasteiger partial charge is 0.333 e. The van der Waals surface area contributed by atoms with Crippen LogP contribution in [0.1, 0.15) is 59.2 Å². The standard InChI is InChI=1S/C37H33F3N3O5PS/c1-2-3-18-43(21-37(38,39)40)36(45)31-24-14-8-7-13-23(24)25-20-26(33(44)22-11-5-4-6-12-22)32(35-42-27-15-9-10-16-28(27)50-35)34(30(25)31)49(46)47-19-17-29(41)48-49/h4-16,20,29,31H,2-3,17-19,21,41H2,1H3. The van der Waals surface area contributed by atoms with Crippen molar-refractivity contribution in [1.29, 1.82) is 0 Å². The number of hydrogen-bond donors (Lipinski definition) is 1. The van der Waals surface area contributed by atoms with Gasteiger partial charge in [0, 0.05) is 29.7 Å². The first-order chi connectivity index (χ1) is 24.0. The molecule has 4 aromatic carbocycles. The van der Waals surface area contributed by atoms with E-state index in [-0.39, 0.29) is 41.6 Å². The van der Waals surface area contributed by atoms with E-state index in [1.807, 2.05) is 25.1 Å². The Hall–Kier alpha value is -4.19. The second-order valence-electron chi connectivity index (χ2n) is 12.3. The number of para-hydroxylation sites is 1. The number of benzene rings is 4. The Bertz CT molecular complexity index is 2120. The summed E-state index contributed by atoms with van der Waals surface area (Å²) in [6.45, 7) is 0.186. The van der Waals surface area contributed by atoms with E-state index in [4.69, 9.17) is 19.8 Å². The van der Waals surface area contributed by atoms with E-state index in [0.29, 0.717) is 45.6 Å². The molecule has 1 aliphatic heterocycles. The van der Waals surface area contributed by atoms with Crippen LogP contribution in [-0.2, 0) is 18.4 Å². The van der Waals surface area contributed by atoms with E-state index in [2.05, 4.69) is 0 Å². The van der Waals surface area contributed by atoms with Gasteiger partial charge >= 0.3 is 13.8 Å². The number of rotatable bonds is 9. The van der Waals surface area contributed by atoms with Crippen LogP contribution in [0.5, 0.6) is 0 Å². The zero-order chi connectivity index (χ0) is 35.2. The molecule has 50 heavy (non-hydrogen) atoms. The fourth-order valence-electron chi connectivity index (χ4n) is 6.69. The molecule has 7 rings (SSSR count). The third kappa shape index (κ3) is 6.31. The molecule has 2 heterocycles. The Kier molecular flexibility index (Phi) is 9.25. The maximum atomic E-state index is 15.3. The second kappa shape index (κ2) is 13.5. The van der Waals surface area contributed by atoms with Gasteiger partial charge in [0.25, 0.3) is 0 Å². The summed E-state index contributed by atoms with van der Waals surface area (Å²) in [5.41, 5.74) is 8.94. The number of alkyl halides is 3. The lowest BCUT2D eigenvalue weighted by Crippen LogP contribution is -2.43. The summed E-state index contributed by atoms with van der Waals surface area (Å²) in [5, 5.41) is 0.227. The van der Waals surface area contributed by atoms with Gasteiger partial charge < -0.3 is 15.2 Å². The molecular formula is C37H33F3N3O5PS. The summed E-state index contributed by atoms with van der Waals surface area (Å²) in [7, 11) is -4.47. The molecule has 0 radical (unpaired) electrons. The van der Waals surface area contributed by atoms with E-state index in [1.54, 1.807) is 66.7 Å². The largest absolute Gasteiger partial charge is 0.406 e. The normalized spacial score (nSPS) is 20.0. The molecule has 8 nitrogen and oxygen atoms in total. The van der Waals surface area contributed by atoms with Gasteiger partial charge in [0.2, 0.25) is 5.91 Å². The number of aromatic nitrogens is 1. The van der Waals surface area contributed by atoms with Gasteiger partial charge in [0.15, 0.2) is 5.78 Å². The Morgan fingerprint density at radius 1 is 1.02 bits per heavy atom. The van der Waals surface area contributed by atoms with Crippen LogP contribution in [0.2, 0.25) is 0 Å². The fourth-order valence-corrected chi connectivity index (χ4v) is 9.95. The Morgan fingerprint density at radius 3 is 2.46 bits per heavy atom. The second-order valence-corrected chi connectivity index (χ2v) is 15.2. The number of ketones is 1. The lowest BCUT2D eigenvalue weighted by atomic mass is 9.89. The molecule has 1 fully saturated rings. The van der Waals surface area contributed by atoms with E-state index in [9.17, 15) is 22.8 Å². The molecule has 3 atom stereocenters. The third-order valence-electron chi connectivity index (χ3n) is 8.90. The number of carbonyl (C=O) groups is 2. The Labute approximate surface area is 290 Å². The van der Waals surface area contributed by atoms with Gasteiger partial charge in [-0.2, -0.15) is 13.2 Å². The van der Waals surface area contributed by atoms with Crippen LogP contribution in [-0.4, -0.2) is 53.7 Å². The van der Waals surface area contributed by atoms with Crippen molar-refractivity contribution in [2.75, 3.05) is 19.7 Å². The molecule has 3 unspecified atom stereocenters. The first-order valence-electron chi connectivity index (χ1n) is 16.3. The predicted molar refractivity (Wildman–Crippen MR) is 187 cm³/mol. The first-order valence-corrected chi connectivity index (χ1v) is 18.7. The molecule has 1 aliphatic carbocycles. The zero-order valence-corrected chi connectivity index (χ0v) is 28.7. The minimum Gasteiger partial charge on any atom is -0.333 e. The minimum absolute atomic E-state index is 0.0500. The zero-order valence-electron chi connectivity index (χ0n) is 27.0. The fraction of sp³-hybridized carbons (Fsp3) is 0.270. The van der Waals surface area contributed by atoms with Gasteiger partial charge in [-0.3, -0.25) is 18.7 Å². The first kappa shape index (κ1) is 34.3. The molecule has 1 amide bonds. The predicted octanol–water partition coefficient (Wildman–Crippen LogP) is 8.04. The number of hydrogen-bond acceptors (Lipinski definition) is 8. The highest BCUT2D eigenvalue weighted by molar-refractivity contribution is 7.62. The molecule has 2 N–H and O–H groups in total. The summed E-state index contributed by atoms with van der Waals surface area (Å²) < 4.78 is 70.0. The maximum Gasteiger partial charge on any atom is 0.406 e. The van der Waals surface area contributed by atoms with Crippen molar-refractivity contribution >= 4 is 46.1 Å². The number of unbranched alkanes of at least 4 members (excludes halogenated alkanes) is 1. The average molecular weight is 720 g/mol. The van der Waals surface area contributed by atoms with Crippen LogP contribution in [0, 0.1) is 0 Å². The molecule has 0 spiro atoms. The topological polar surface area (TPSA) is 112 Å². The van der Waals surface area contributed by atoms with Crippen LogP contribution in [0.15, 0.2) is 84.9 Å². The summed E-state index contributed by atoms with van der Waals surface area (Å²) in [6, 6.07) is 24.4. The molecule has 0 bridgehead atoms. The summed E-state index contributed by atoms with van der Waals surface area (Å²) in [4.78, 5) is 34.9. The summed E-state index contributed by atoms with van der Waals surface area (Å²) in [5.74, 6) is -2.54. The summed E-state index contributed by atoms with van der Waals surface area (Å²) in [6.07, 6.45) is -4.54. The highest BCUT2D eigenvalue weighted by Gasteiger charge is 2.49. The van der Waals surface area contributed by atoms with Crippen molar-refractivity contribution in [3.05, 3.63) is 107 Å². The number of thiazole rings is 1. The average Bonchev–Trinajstić information content (AvgIpc) is 3.67. The molecular weight excluding hydrogens is 686 g/mol. The van der Waals surface area contributed by atoms with Gasteiger partial charge in [0.05, 0.1) is 28.0 Å². The lowest BCUT2D eigenvalue weighted by molar-refractivity contribution is -0.161. The van der Waals surface area contributed by atoms with Crippen molar-refractivity contribution in [2.45, 2.75) is 44.5 Å². The van der Waals surface area contributed by atoms with Gasteiger partial charge in [-0.1, -0.05) is 80.1 Å². The number of fused-ring (bicyclic) bond motifs is 4. The van der Waals surface area contributed by atoms with Crippen molar-refractivity contribution in [1.82, 2.24) is 9.88 Å². The Morgan fingerprint density at radius 2 is 1.74 bits per heavy atom. The van der Waals surface area contributed by atoms with Crippen LogP contribution in [0.3, 0.4) is 0 Å². The van der Waals surface area contributed by atoms with Crippen molar-refractivity contribution < 1.29 is 36.4 Å². The monoisotopic (exact) mass is 719 g/mol. The van der Waals surface area contributed by atoms with Crippen molar-refractivity contribution in [3.63, 3.8) is 0 Å². The van der Waals surface area contributed by atoms with Gasteiger partial charge in [-0.05, 0) is 46.9 Å². The lowest BCUT2D eigenvalue weighted by Gasteiger charge is -2.33. The van der Waals surface area contributed by atoms with Crippen LogP contribution < -0.4 is 11.0 Å². The van der Waals surface area contributed by atoms with Gasteiger partial charge in [-0.15, -0.1) is 11.3 Å². The quantitative estimate of drug-likeness (QED) is 0.121. The molecule has 1 aromatic heterocycles. The van der Waals surface area contributed by atoms with E-state index in [1.165, 1.54) is 11.3 Å². The van der Waals surface area contributed by atoms with E-state index in [0.717, 1.165) is 9.60 Å². The van der Waals surface area contributed by atoms with Crippen LogP contribution >= 0.6 is 18.9 Å². The van der Waals surface area contributed by atoms with Crippen molar-refractivity contribution in [3.8, 4) is 21.7 Å². The SMILES string of the molecule is CCCCN(CC(F)(F)F)C(=O)C1c2ccccc2-c2cc(C(=O)c3ccccc3)c(-c3nc4ccccc4s3)c(P3(=O)OCCC(N)O3)c21. The number of nitrogens with two attached hydrogens (primary N) is 1. The molecule has 5 aromatic rings. The minimum atomic E-state index is -4.67. The van der Waals surface area contributed by atoms with Crippen LogP contribution in [0.4, 0.5) is 13.2 Å². The van der Waals surface area contributed by atoms with E-state index >= 15 is 4.57 Å². The highest BCUT2D eigenvalue weighted by Crippen LogP contribution is 2.59.